The van der Waals surface area contributed by atoms with E-state index in [9.17, 15) is 0 Å². The van der Waals surface area contributed by atoms with E-state index in [1.54, 1.807) is 0 Å². The van der Waals surface area contributed by atoms with Gasteiger partial charge in [0.1, 0.15) is 0 Å². The van der Waals surface area contributed by atoms with Gasteiger partial charge in [-0.25, -0.2) is 0 Å². The fourth-order valence-corrected chi connectivity index (χ4v) is 3.22. The van der Waals surface area contributed by atoms with E-state index in [-0.39, 0.29) is 0 Å². The summed E-state index contributed by atoms with van der Waals surface area (Å²) >= 11 is 6.45. The van der Waals surface area contributed by atoms with Gasteiger partial charge >= 0.3 is 0 Å². The molecule has 0 bridgehead atoms. The Balaban J connectivity index is 2.00. The SMILES string of the molecule is CCCNCc1ccc(N2CCC(C(C)(C)C)C2)cc1Cl. The maximum absolute atomic E-state index is 6.45. The summed E-state index contributed by atoms with van der Waals surface area (Å²) in [5, 5.41) is 4.29. The van der Waals surface area contributed by atoms with Crippen LogP contribution >= 0.6 is 11.6 Å². The molecule has 1 N–H and O–H groups in total. The standard InChI is InChI=1S/C18H29ClN2/c1-5-9-20-12-14-6-7-16(11-17(14)19)21-10-8-15(13-21)18(2,3)4/h6-7,11,15,20H,5,8-10,12-13H2,1-4H3. The number of hydrogen-bond donors (Lipinski definition) is 1. The molecule has 118 valence electrons. The molecular formula is C18H29ClN2. The van der Waals surface area contributed by atoms with Gasteiger partial charge in [-0.1, -0.05) is 45.4 Å². The van der Waals surface area contributed by atoms with Crippen LogP contribution in [0, 0.1) is 11.3 Å². The van der Waals surface area contributed by atoms with Gasteiger partial charge < -0.3 is 10.2 Å². The number of rotatable bonds is 5. The van der Waals surface area contributed by atoms with Gasteiger partial charge in [0.15, 0.2) is 0 Å². The van der Waals surface area contributed by atoms with Crippen molar-refractivity contribution in [2.75, 3.05) is 24.5 Å². The maximum Gasteiger partial charge on any atom is 0.0471 e. The van der Waals surface area contributed by atoms with Crippen molar-refractivity contribution in [3.05, 3.63) is 28.8 Å². The minimum absolute atomic E-state index is 0.391. The first-order valence-electron chi connectivity index (χ1n) is 8.16. The fourth-order valence-electron chi connectivity index (χ4n) is 2.98. The quantitative estimate of drug-likeness (QED) is 0.792. The first-order valence-corrected chi connectivity index (χ1v) is 8.53. The molecule has 0 spiro atoms. The highest BCUT2D eigenvalue weighted by molar-refractivity contribution is 6.31. The van der Waals surface area contributed by atoms with Crippen LogP contribution in [0.3, 0.4) is 0 Å². The molecule has 2 nitrogen and oxygen atoms in total. The molecule has 21 heavy (non-hydrogen) atoms. The summed E-state index contributed by atoms with van der Waals surface area (Å²) in [6, 6.07) is 6.53. The summed E-state index contributed by atoms with van der Waals surface area (Å²) in [5.41, 5.74) is 2.86. The third-order valence-electron chi connectivity index (χ3n) is 4.56. The molecule has 1 aliphatic heterocycles. The van der Waals surface area contributed by atoms with Crippen LogP contribution in [0.25, 0.3) is 0 Å². The van der Waals surface area contributed by atoms with Crippen LogP contribution in [0.15, 0.2) is 18.2 Å². The minimum atomic E-state index is 0.391. The second-order valence-corrected chi connectivity index (χ2v) is 7.66. The van der Waals surface area contributed by atoms with Crippen molar-refractivity contribution in [3.63, 3.8) is 0 Å². The van der Waals surface area contributed by atoms with Crippen molar-refractivity contribution in [2.24, 2.45) is 11.3 Å². The zero-order valence-electron chi connectivity index (χ0n) is 13.9. The van der Waals surface area contributed by atoms with Crippen LogP contribution in [-0.2, 0) is 6.54 Å². The molecule has 1 aromatic carbocycles. The Kier molecular flexibility index (Phi) is 5.56. The molecule has 0 aromatic heterocycles. The molecule has 1 aliphatic rings. The topological polar surface area (TPSA) is 15.3 Å². The zero-order valence-corrected chi connectivity index (χ0v) is 14.6. The van der Waals surface area contributed by atoms with Gasteiger partial charge in [-0.05, 0) is 48.4 Å². The van der Waals surface area contributed by atoms with Gasteiger partial charge in [0.2, 0.25) is 0 Å². The number of hydrogen-bond acceptors (Lipinski definition) is 2. The number of nitrogens with zero attached hydrogens (tertiary/aromatic N) is 1. The number of benzene rings is 1. The van der Waals surface area contributed by atoms with Gasteiger partial charge in [-0.3, -0.25) is 0 Å². The summed E-state index contributed by atoms with van der Waals surface area (Å²) in [7, 11) is 0. The van der Waals surface area contributed by atoms with Gasteiger partial charge in [0, 0.05) is 30.3 Å². The molecule has 0 aliphatic carbocycles. The van der Waals surface area contributed by atoms with E-state index < -0.39 is 0 Å². The molecule has 0 radical (unpaired) electrons. The Bertz CT molecular complexity index is 465. The van der Waals surface area contributed by atoms with Crippen molar-refractivity contribution in [1.82, 2.24) is 5.32 Å². The van der Waals surface area contributed by atoms with Crippen molar-refractivity contribution in [1.29, 1.82) is 0 Å². The second kappa shape index (κ2) is 7.02. The summed E-state index contributed by atoms with van der Waals surface area (Å²) in [6.45, 7) is 13.4. The molecule has 2 rings (SSSR count). The van der Waals surface area contributed by atoms with Crippen molar-refractivity contribution in [2.45, 2.75) is 47.1 Å². The molecule has 1 atom stereocenters. The second-order valence-electron chi connectivity index (χ2n) is 7.25. The number of halogens is 1. The van der Waals surface area contributed by atoms with Crippen LogP contribution in [0.1, 0.15) is 46.1 Å². The average Bonchev–Trinajstić information content (AvgIpc) is 2.90. The zero-order chi connectivity index (χ0) is 15.5. The summed E-state index contributed by atoms with van der Waals surface area (Å²) < 4.78 is 0. The molecule has 1 aromatic rings. The minimum Gasteiger partial charge on any atom is -0.371 e. The predicted octanol–water partition coefficient (Wildman–Crippen LogP) is 4.71. The van der Waals surface area contributed by atoms with Gasteiger partial charge in [0.05, 0.1) is 0 Å². The number of anilines is 1. The largest absolute Gasteiger partial charge is 0.371 e. The molecule has 1 fully saturated rings. The number of nitrogens with one attached hydrogen (secondary N) is 1. The monoisotopic (exact) mass is 308 g/mol. The summed E-state index contributed by atoms with van der Waals surface area (Å²) in [4.78, 5) is 2.48. The third kappa shape index (κ3) is 4.37. The van der Waals surface area contributed by atoms with Crippen LogP contribution in [0.2, 0.25) is 5.02 Å². The third-order valence-corrected chi connectivity index (χ3v) is 4.91. The van der Waals surface area contributed by atoms with Crippen molar-refractivity contribution < 1.29 is 0 Å². The van der Waals surface area contributed by atoms with E-state index >= 15 is 0 Å². The van der Waals surface area contributed by atoms with Crippen molar-refractivity contribution in [3.8, 4) is 0 Å². The molecular weight excluding hydrogens is 280 g/mol. The molecule has 0 saturated carbocycles. The first-order chi connectivity index (χ1) is 9.91. The Morgan fingerprint density at radius 3 is 2.67 bits per heavy atom. The lowest BCUT2D eigenvalue weighted by atomic mass is 9.80. The highest BCUT2D eigenvalue weighted by Gasteiger charge is 2.31. The Morgan fingerprint density at radius 2 is 2.10 bits per heavy atom. The summed E-state index contributed by atoms with van der Waals surface area (Å²) in [6.07, 6.45) is 2.43. The molecule has 1 unspecified atom stereocenters. The van der Waals surface area contributed by atoms with Crippen LogP contribution in [-0.4, -0.2) is 19.6 Å². The molecule has 1 heterocycles. The van der Waals surface area contributed by atoms with E-state index in [4.69, 9.17) is 11.6 Å². The van der Waals surface area contributed by atoms with E-state index in [0.717, 1.165) is 43.5 Å². The van der Waals surface area contributed by atoms with E-state index in [0.29, 0.717) is 5.41 Å². The van der Waals surface area contributed by atoms with E-state index in [2.05, 4.69) is 56.1 Å². The Labute approximate surface area is 134 Å². The molecule has 0 amide bonds. The maximum atomic E-state index is 6.45. The lowest BCUT2D eigenvalue weighted by Gasteiger charge is -2.27. The normalized spacial score (nSPS) is 19.3. The smallest absolute Gasteiger partial charge is 0.0471 e. The van der Waals surface area contributed by atoms with Crippen LogP contribution in [0.5, 0.6) is 0 Å². The van der Waals surface area contributed by atoms with Gasteiger partial charge in [-0.15, -0.1) is 0 Å². The van der Waals surface area contributed by atoms with Crippen molar-refractivity contribution >= 4 is 17.3 Å². The Morgan fingerprint density at radius 1 is 1.33 bits per heavy atom. The van der Waals surface area contributed by atoms with Gasteiger partial charge in [-0.2, -0.15) is 0 Å². The van der Waals surface area contributed by atoms with Crippen LogP contribution < -0.4 is 10.2 Å². The van der Waals surface area contributed by atoms with E-state index in [1.165, 1.54) is 17.7 Å². The fraction of sp³-hybridized carbons (Fsp3) is 0.667. The molecule has 1 saturated heterocycles. The highest BCUT2D eigenvalue weighted by atomic mass is 35.5. The van der Waals surface area contributed by atoms with E-state index in [1.807, 2.05) is 0 Å². The molecule has 3 heteroatoms. The predicted molar refractivity (Wildman–Crippen MR) is 93.2 cm³/mol. The highest BCUT2D eigenvalue weighted by Crippen LogP contribution is 2.36. The lowest BCUT2D eigenvalue weighted by molar-refractivity contribution is 0.263. The van der Waals surface area contributed by atoms with Crippen LogP contribution in [0.4, 0.5) is 5.69 Å². The lowest BCUT2D eigenvalue weighted by Crippen LogP contribution is -2.25. The first kappa shape index (κ1) is 16.6. The van der Waals surface area contributed by atoms with Gasteiger partial charge in [0.25, 0.3) is 0 Å². The Hall–Kier alpha value is -0.730. The summed E-state index contributed by atoms with van der Waals surface area (Å²) in [5.74, 6) is 0.766. The average molecular weight is 309 g/mol.